The van der Waals surface area contributed by atoms with E-state index in [0.29, 0.717) is 0 Å². The molecule has 0 N–H and O–H groups in total. The first-order valence-electron chi connectivity index (χ1n) is 17.7. The fourth-order valence-corrected chi connectivity index (χ4v) is 8.74. The van der Waals surface area contributed by atoms with E-state index < -0.39 is 0 Å². The van der Waals surface area contributed by atoms with Crippen molar-refractivity contribution in [1.29, 1.82) is 0 Å². The fraction of sp³-hybridized carbons (Fsp3) is 0.191. The van der Waals surface area contributed by atoms with Crippen LogP contribution >= 0.6 is 0 Å². The highest BCUT2D eigenvalue weighted by Crippen LogP contribution is 2.55. The van der Waals surface area contributed by atoms with Crippen molar-refractivity contribution in [3.63, 3.8) is 0 Å². The van der Waals surface area contributed by atoms with Gasteiger partial charge in [-0.05, 0) is 69.8 Å². The van der Waals surface area contributed by atoms with Crippen LogP contribution in [0.25, 0.3) is 33.5 Å². The van der Waals surface area contributed by atoms with Gasteiger partial charge in [-0.2, -0.15) is 0 Å². The molecule has 9 rings (SSSR count). The van der Waals surface area contributed by atoms with Gasteiger partial charge in [0.25, 0.3) is 0 Å². The molecule has 50 heavy (non-hydrogen) atoms. The minimum Gasteiger partial charge on any atom is -0.310 e. The van der Waals surface area contributed by atoms with Crippen LogP contribution in [0.3, 0.4) is 0 Å². The van der Waals surface area contributed by atoms with Crippen LogP contribution in [0.2, 0.25) is 0 Å². The van der Waals surface area contributed by atoms with Crippen LogP contribution in [0.4, 0.5) is 17.1 Å². The number of hydrogen-bond donors (Lipinski definition) is 0. The van der Waals surface area contributed by atoms with Gasteiger partial charge in [-0.15, -0.1) is 0 Å². The maximum atomic E-state index is 5.23. The zero-order valence-corrected chi connectivity index (χ0v) is 29.6. The van der Waals surface area contributed by atoms with Crippen LogP contribution in [0.1, 0.15) is 74.9 Å². The summed E-state index contributed by atoms with van der Waals surface area (Å²) in [5.74, 6) is 0.752. The summed E-state index contributed by atoms with van der Waals surface area (Å²) in [5, 5.41) is 1.06. The van der Waals surface area contributed by atoms with Crippen molar-refractivity contribution in [2.75, 3.05) is 4.90 Å². The molecule has 0 spiro atoms. The van der Waals surface area contributed by atoms with Gasteiger partial charge in [0.15, 0.2) is 5.82 Å². The molecule has 0 fully saturated rings. The lowest BCUT2D eigenvalue weighted by Gasteiger charge is -2.45. The maximum absolute atomic E-state index is 5.23. The lowest BCUT2D eigenvalue weighted by Crippen LogP contribution is -2.37. The summed E-state index contributed by atoms with van der Waals surface area (Å²) in [4.78, 5) is 12.8. The van der Waals surface area contributed by atoms with Crippen molar-refractivity contribution in [2.24, 2.45) is 0 Å². The van der Waals surface area contributed by atoms with E-state index in [-0.39, 0.29) is 16.2 Å². The van der Waals surface area contributed by atoms with Crippen LogP contribution in [0, 0.1) is 0 Å². The van der Waals surface area contributed by atoms with Crippen molar-refractivity contribution < 1.29 is 0 Å². The van der Waals surface area contributed by atoms with E-state index in [4.69, 9.17) is 9.97 Å². The third-order valence-corrected chi connectivity index (χ3v) is 11.5. The standard InChI is InChI=1S/C47H41N3/c1-45(2)34-26-24-31(44-48-40-21-13-10-18-33(40)43(49-44)30-16-8-7-9-17-30)28-38(34)47(5,6)39-29-32(25-27-35(39)45)50-41-22-14-11-19-36(41)46(3,4)37-20-12-15-23-42(37)50/h7-29H,1-6H3. The molecule has 1 aliphatic carbocycles. The highest BCUT2D eigenvalue weighted by molar-refractivity contribution is 5.93. The Bertz CT molecular complexity index is 2420. The molecule has 0 amide bonds. The Morgan fingerprint density at radius 2 is 0.960 bits per heavy atom. The average molecular weight is 648 g/mol. The van der Waals surface area contributed by atoms with Gasteiger partial charge in [-0.3, -0.25) is 0 Å². The molecule has 0 atom stereocenters. The van der Waals surface area contributed by atoms with Crippen molar-refractivity contribution in [1.82, 2.24) is 9.97 Å². The van der Waals surface area contributed by atoms with Gasteiger partial charge in [0.1, 0.15) is 0 Å². The number of fused-ring (bicyclic) bond motifs is 5. The Balaban J connectivity index is 1.21. The first-order valence-corrected chi connectivity index (χ1v) is 17.7. The average Bonchev–Trinajstić information content (AvgIpc) is 3.14. The normalized spacial score (nSPS) is 16.2. The number of rotatable bonds is 3. The minimum atomic E-state index is -0.264. The van der Waals surface area contributed by atoms with E-state index in [1.807, 2.05) is 6.07 Å². The molecule has 0 saturated carbocycles. The Morgan fingerprint density at radius 1 is 0.420 bits per heavy atom. The minimum absolute atomic E-state index is 0.0975. The second-order valence-corrected chi connectivity index (χ2v) is 15.5. The van der Waals surface area contributed by atoms with E-state index in [2.05, 4.69) is 180 Å². The Morgan fingerprint density at radius 3 is 1.66 bits per heavy atom. The molecule has 0 bridgehead atoms. The molecule has 1 aliphatic heterocycles. The molecule has 7 aromatic rings. The first-order chi connectivity index (χ1) is 24.1. The van der Waals surface area contributed by atoms with Crippen LogP contribution < -0.4 is 4.90 Å². The van der Waals surface area contributed by atoms with Crippen LogP contribution in [0.15, 0.2) is 140 Å². The first kappa shape index (κ1) is 30.5. The molecule has 0 unspecified atom stereocenters. The zero-order valence-electron chi connectivity index (χ0n) is 29.6. The zero-order chi connectivity index (χ0) is 34.4. The highest BCUT2D eigenvalue weighted by atomic mass is 15.2. The van der Waals surface area contributed by atoms with Crippen molar-refractivity contribution in [2.45, 2.75) is 57.8 Å². The second-order valence-electron chi connectivity index (χ2n) is 15.5. The second kappa shape index (κ2) is 10.7. The number of hydrogen-bond acceptors (Lipinski definition) is 3. The van der Waals surface area contributed by atoms with Gasteiger partial charge in [0.2, 0.25) is 0 Å². The molecule has 6 aromatic carbocycles. The number of anilines is 3. The van der Waals surface area contributed by atoms with Crippen LogP contribution in [-0.4, -0.2) is 9.97 Å². The van der Waals surface area contributed by atoms with Crippen molar-refractivity contribution in [3.05, 3.63) is 173 Å². The summed E-state index contributed by atoms with van der Waals surface area (Å²) in [6.07, 6.45) is 0. The van der Waals surface area contributed by atoms with Gasteiger partial charge in [0, 0.05) is 38.4 Å². The summed E-state index contributed by atoms with van der Waals surface area (Å²) >= 11 is 0. The molecule has 244 valence electrons. The predicted molar refractivity (Wildman–Crippen MR) is 208 cm³/mol. The van der Waals surface area contributed by atoms with E-state index in [1.165, 1.54) is 50.4 Å². The summed E-state index contributed by atoms with van der Waals surface area (Å²) in [6, 6.07) is 50.7. The van der Waals surface area contributed by atoms with Gasteiger partial charge in [-0.25, -0.2) is 9.97 Å². The molecular weight excluding hydrogens is 607 g/mol. The number of benzene rings is 6. The fourth-order valence-electron chi connectivity index (χ4n) is 8.74. The Kier molecular flexibility index (Phi) is 6.55. The number of aromatic nitrogens is 2. The molecule has 2 heterocycles. The Hall–Kier alpha value is -5.54. The van der Waals surface area contributed by atoms with Crippen molar-refractivity contribution in [3.8, 4) is 22.6 Å². The maximum Gasteiger partial charge on any atom is 0.160 e. The van der Waals surface area contributed by atoms with E-state index in [9.17, 15) is 0 Å². The topological polar surface area (TPSA) is 29.0 Å². The quantitative estimate of drug-likeness (QED) is 0.191. The monoisotopic (exact) mass is 647 g/mol. The number of nitrogens with zero attached hydrogens (tertiary/aromatic N) is 3. The lowest BCUT2D eigenvalue weighted by atomic mass is 9.59. The van der Waals surface area contributed by atoms with Gasteiger partial charge in [0.05, 0.1) is 22.6 Å². The highest BCUT2D eigenvalue weighted by Gasteiger charge is 2.43. The number of para-hydroxylation sites is 3. The Labute approximate surface area is 295 Å². The van der Waals surface area contributed by atoms with E-state index in [0.717, 1.165) is 33.5 Å². The molecule has 0 radical (unpaired) electrons. The van der Waals surface area contributed by atoms with Gasteiger partial charge >= 0.3 is 0 Å². The molecule has 3 nitrogen and oxygen atoms in total. The van der Waals surface area contributed by atoms with E-state index in [1.54, 1.807) is 0 Å². The third kappa shape index (κ3) is 4.35. The lowest BCUT2D eigenvalue weighted by molar-refractivity contribution is 0.521. The largest absolute Gasteiger partial charge is 0.310 e. The van der Waals surface area contributed by atoms with Crippen LogP contribution in [-0.2, 0) is 16.2 Å². The van der Waals surface area contributed by atoms with Gasteiger partial charge < -0.3 is 4.90 Å². The molecule has 0 saturated heterocycles. The van der Waals surface area contributed by atoms with Crippen LogP contribution in [0.5, 0.6) is 0 Å². The van der Waals surface area contributed by atoms with E-state index >= 15 is 0 Å². The molecule has 3 heteroatoms. The summed E-state index contributed by atoms with van der Waals surface area (Å²) in [7, 11) is 0. The smallest absolute Gasteiger partial charge is 0.160 e. The third-order valence-electron chi connectivity index (χ3n) is 11.5. The van der Waals surface area contributed by atoms with Crippen molar-refractivity contribution >= 4 is 28.0 Å². The summed E-state index contributed by atoms with van der Waals surface area (Å²) in [5.41, 5.74) is 15.3. The molecular formula is C47H41N3. The summed E-state index contributed by atoms with van der Waals surface area (Å²) < 4.78 is 0. The van der Waals surface area contributed by atoms with Gasteiger partial charge in [-0.1, -0.05) is 145 Å². The summed E-state index contributed by atoms with van der Waals surface area (Å²) in [6.45, 7) is 14.2. The molecule has 1 aromatic heterocycles. The molecule has 2 aliphatic rings. The predicted octanol–water partition coefficient (Wildman–Crippen LogP) is 12.0. The SMILES string of the molecule is CC1(C)c2ccccc2N(c2ccc3c(c2)C(C)(C)c2cc(-c4nc(-c5ccccc5)c5ccccc5n4)ccc2C3(C)C)c2ccccc21.